The first kappa shape index (κ1) is 35.6. The third-order valence-electron chi connectivity index (χ3n) is 7.47. The molecule has 0 spiro atoms. The lowest BCUT2D eigenvalue weighted by Gasteiger charge is -2.23. The molecule has 0 aliphatic rings. The van der Waals surface area contributed by atoms with Gasteiger partial charge in [-0.2, -0.15) is 13.2 Å². The molecule has 0 saturated heterocycles. The molecule has 4 rings (SSSR count). The molecule has 1 amide bonds. The number of benzene rings is 2. The number of anilines is 5. The smallest absolute Gasteiger partial charge is 0.373 e. The number of hydrogen-bond acceptors (Lipinski definition) is 9. The summed E-state index contributed by atoms with van der Waals surface area (Å²) in [6.07, 6.45) is 6.77. The summed E-state index contributed by atoms with van der Waals surface area (Å²) < 4.78 is 41.4. The van der Waals surface area contributed by atoms with Crippen LogP contribution in [0.25, 0.3) is 11.0 Å². The number of carbonyl (C=O) groups is 1. The summed E-state index contributed by atoms with van der Waals surface area (Å²) in [5, 5.41) is 9.13. The number of amides is 1. The zero-order chi connectivity index (χ0) is 34.8. The average Bonchev–Trinajstić information content (AvgIpc) is 3.05. The van der Waals surface area contributed by atoms with Crippen LogP contribution in [-0.2, 0) is 6.18 Å². The normalized spacial score (nSPS) is 12.1. The number of halogens is 3. The zero-order valence-electron chi connectivity index (χ0n) is 27.7. The van der Waals surface area contributed by atoms with Crippen molar-refractivity contribution in [1.29, 1.82) is 0 Å². The number of fused-ring (bicyclic) bond motifs is 1. The Hall–Kier alpha value is -5.30. The first-order chi connectivity index (χ1) is 22.9. The maximum Gasteiger partial charge on any atom is 0.416 e. The minimum atomic E-state index is -4.59. The number of nitrogens with zero attached hydrogens (tertiary/aromatic N) is 6. The highest BCUT2D eigenvalue weighted by Crippen LogP contribution is 2.35. The Labute approximate surface area is 278 Å². The fourth-order valence-corrected chi connectivity index (χ4v) is 4.64. The van der Waals surface area contributed by atoms with Gasteiger partial charge in [-0.05, 0) is 70.3 Å². The van der Waals surface area contributed by atoms with Crippen molar-refractivity contribution in [2.75, 3.05) is 61.6 Å². The number of nitrogens with one attached hydrogen (secondary N) is 3. The van der Waals surface area contributed by atoms with Gasteiger partial charge in [0.2, 0.25) is 5.95 Å². The molecule has 0 bridgehead atoms. The van der Waals surface area contributed by atoms with Crippen LogP contribution in [0.4, 0.5) is 42.0 Å². The van der Waals surface area contributed by atoms with Gasteiger partial charge >= 0.3 is 6.18 Å². The maximum atomic E-state index is 13.8. The van der Waals surface area contributed by atoms with Crippen molar-refractivity contribution in [3.63, 3.8) is 0 Å². The highest BCUT2D eigenvalue weighted by Gasteiger charge is 2.32. The zero-order valence-corrected chi connectivity index (χ0v) is 27.7. The lowest BCUT2D eigenvalue weighted by atomic mass is 10.1. The van der Waals surface area contributed by atoms with Gasteiger partial charge in [0.25, 0.3) is 5.91 Å². The van der Waals surface area contributed by atoms with E-state index in [1.807, 2.05) is 51.1 Å². The summed E-state index contributed by atoms with van der Waals surface area (Å²) in [5.74, 6) is 0.239. The summed E-state index contributed by atoms with van der Waals surface area (Å²) in [6, 6.07) is 8.52. The highest BCUT2D eigenvalue weighted by molar-refractivity contribution is 6.05. The van der Waals surface area contributed by atoms with E-state index in [-0.39, 0.29) is 11.3 Å². The summed E-state index contributed by atoms with van der Waals surface area (Å²) in [6.45, 7) is 9.27. The number of aryl methyl sites for hydroxylation is 1. The summed E-state index contributed by atoms with van der Waals surface area (Å²) >= 11 is 0. The molecule has 252 valence electrons. The van der Waals surface area contributed by atoms with Gasteiger partial charge in [-0.15, -0.1) is 0 Å². The number of allylic oxidation sites excluding steroid dienone is 4. The van der Waals surface area contributed by atoms with E-state index in [0.29, 0.717) is 53.8 Å². The molecule has 0 saturated carbocycles. The standard InChI is InChI=1S/C35H40F3N9O/c1-7-9-10-24(8-2)13-14-39-34-40-21-30-31(45-34)32(42-22-41-30)44-29-17-25(12-11-23(29)3)33(48)43-27-18-26(35(36,37)38)19-28(20-27)47(6)16-15-46(4)5/h7-12,17-22H,1,13-16H2,2-6H3,(H,43,48)(H,39,40,45)(H,41,42,44)/b10-9-,24-8+. The molecule has 3 N–H and O–H groups in total. The molecular weight excluding hydrogens is 619 g/mol. The molecule has 13 heteroatoms. The van der Waals surface area contributed by atoms with Crippen LogP contribution in [0.2, 0.25) is 0 Å². The molecule has 0 unspecified atom stereocenters. The van der Waals surface area contributed by atoms with Gasteiger partial charge in [-0.25, -0.2) is 19.9 Å². The van der Waals surface area contributed by atoms with Crippen molar-refractivity contribution in [3.8, 4) is 0 Å². The molecule has 0 fully saturated rings. The van der Waals surface area contributed by atoms with Gasteiger partial charge < -0.3 is 25.8 Å². The van der Waals surface area contributed by atoms with Crippen molar-refractivity contribution < 1.29 is 18.0 Å². The fraction of sp³-hybridized carbons (Fsp3) is 0.286. The van der Waals surface area contributed by atoms with Crippen molar-refractivity contribution in [1.82, 2.24) is 24.8 Å². The quantitative estimate of drug-likeness (QED) is 0.121. The number of carbonyl (C=O) groups excluding carboxylic acids is 1. The molecule has 2 heterocycles. The summed E-state index contributed by atoms with van der Waals surface area (Å²) in [5.41, 5.74) is 3.26. The highest BCUT2D eigenvalue weighted by atomic mass is 19.4. The van der Waals surface area contributed by atoms with Crippen LogP contribution < -0.4 is 20.9 Å². The molecule has 10 nitrogen and oxygen atoms in total. The maximum absolute atomic E-state index is 13.8. The van der Waals surface area contributed by atoms with Gasteiger partial charge in [-0.3, -0.25) is 4.79 Å². The lowest BCUT2D eigenvalue weighted by Crippen LogP contribution is -2.28. The van der Waals surface area contributed by atoms with Crippen LogP contribution in [-0.4, -0.2) is 71.5 Å². The molecule has 48 heavy (non-hydrogen) atoms. The first-order valence-electron chi connectivity index (χ1n) is 15.3. The molecule has 0 aliphatic carbocycles. The van der Waals surface area contributed by atoms with Gasteiger partial charge in [0.15, 0.2) is 5.82 Å². The average molecular weight is 660 g/mol. The summed E-state index contributed by atoms with van der Waals surface area (Å²) in [4.78, 5) is 34.7. The number of alkyl halides is 3. The van der Waals surface area contributed by atoms with Crippen LogP contribution in [0.1, 0.15) is 34.8 Å². The van der Waals surface area contributed by atoms with E-state index in [1.54, 1.807) is 42.4 Å². The van der Waals surface area contributed by atoms with Crippen molar-refractivity contribution in [2.24, 2.45) is 0 Å². The molecule has 4 aromatic rings. The van der Waals surface area contributed by atoms with Gasteiger partial charge in [-0.1, -0.05) is 42.5 Å². The Morgan fingerprint density at radius 3 is 2.54 bits per heavy atom. The van der Waals surface area contributed by atoms with Crippen LogP contribution >= 0.6 is 0 Å². The molecular formula is C35H40F3N9O. The Balaban J connectivity index is 1.55. The third kappa shape index (κ3) is 9.61. The van der Waals surface area contributed by atoms with E-state index in [0.717, 1.165) is 29.7 Å². The molecule has 0 aliphatic heterocycles. The topological polar surface area (TPSA) is 111 Å². The van der Waals surface area contributed by atoms with Crippen molar-refractivity contribution >= 4 is 45.8 Å². The van der Waals surface area contributed by atoms with E-state index >= 15 is 0 Å². The lowest BCUT2D eigenvalue weighted by molar-refractivity contribution is -0.137. The van der Waals surface area contributed by atoms with Crippen LogP contribution in [0.15, 0.2) is 85.4 Å². The van der Waals surface area contributed by atoms with Gasteiger partial charge in [0.05, 0.1) is 11.8 Å². The predicted octanol–water partition coefficient (Wildman–Crippen LogP) is 7.23. The van der Waals surface area contributed by atoms with Gasteiger partial charge in [0.1, 0.15) is 17.4 Å². The predicted molar refractivity (Wildman–Crippen MR) is 187 cm³/mol. The Morgan fingerprint density at radius 2 is 1.83 bits per heavy atom. The molecule has 0 radical (unpaired) electrons. The fourth-order valence-electron chi connectivity index (χ4n) is 4.64. The molecule has 2 aromatic heterocycles. The van der Waals surface area contributed by atoms with Crippen LogP contribution in [0.5, 0.6) is 0 Å². The second-order valence-corrected chi connectivity index (χ2v) is 11.4. The SMILES string of the molecule is C=C/C=C\C(=C/C)CCNc1ncc2ncnc(Nc3cc(C(=O)Nc4cc(N(C)CCN(C)C)cc(C(F)(F)F)c4)ccc3C)c2n1. The molecule has 0 atom stereocenters. The minimum absolute atomic E-state index is 0.0356. The Bertz CT molecular complexity index is 1820. The second kappa shape index (κ2) is 16.0. The van der Waals surface area contributed by atoms with Gasteiger partial charge in [0, 0.05) is 49.3 Å². The van der Waals surface area contributed by atoms with Crippen molar-refractivity contribution in [2.45, 2.75) is 26.4 Å². The number of rotatable bonds is 14. The van der Waals surface area contributed by atoms with E-state index in [9.17, 15) is 18.0 Å². The monoisotopic (exact) mass is 659 g/mol. The number of aromatic nitrogens is 4. The Kier molecular flexibility index (Phi) is 11.9. The van der Waals surface area contributed by atoms with E-state index in [4.69, 9.17) is 0 Å². The second-order valence-electron chi connectivity index (χ2n) is 11.4. The van der Waals surface area contributed by atoms with E-state index in [1.165, 1.54) is 12.4 Å². The summed E-state index contributed by atoms with van der Waals surface area (Å²) in [7, 11) is 5.49. The van der Waals surface area contributed by atoms with Crippen molar-refractivity contribution in [3.05, 3.63) is 102 Å². The first-order valence-corrected chi connectivity index (χ1v) is 15.3. The minimum Gasteiger partial charge on any atom is -0.373 e. The van der Waals surface area contributed by atoms with E-state index < -0.39 is 17.6 Å². The third-order valence-corrected chi connectivity index (χ3v) is 7.47. The number of likely N-dealkylation sites (N-methyl/N-ethyl adjacent to an activating group) is 2. The van der Waals surface area contributed by atoms with Crippen LogP contribution in [0, 0.1) is 6.92 Å². The molecule has 2 aromatic carbocycles. The largest absolute Gasteiger partial charge is 0.416 e. The Morgan fingerprint density at radius 1 is 1.04 bits per heavy atom. The van der Waals surface area contributed by atoms with E-state index in [2.05, 4.69) is 42.5 Å². The van der Waals surface area contributed by atoms with Crippen LogP contribution in [0.3, 0.4) is 0 Å². The number of hydrogen-bond donors (Lipinski definition) is 3.